The summed E-state index contributed by atoms with van der Waals surface area (Å²) in [6.07, 6.45) is 0. The minimum absolute atomic E-state index is 0.118. The van der Waals surface area contributed by atoms with Crippen molar-refractivity contribution in [1.82, 2.24) is 0 Å². The van der Waals surface area contributed by atoms with Gasteiger partial charge in [0.05, 0.1) is 10.6 Å². The maximum absolute atomic E-state index is 13.7. The number of ether oxygens (including phenoxy) is 1. The van der Waals surface area contributed by atoms with Crippen LogP contribution in [0.25, 0.3) is 0 Å². The molecule has 3 aromatic carbocycles. The van der Waals surface area contributed by atoms with Gasteiger partial charge >= 0.3 is 0 Å². The molecule has 0 radical (unpaired) electrons. The van der Waals surface area contributed by atoms with Gasteiger partial charge in [-0.2, -0.15) is 0 Å². The van der Waals surface area contributed by atoms with Crippen molar-refractivity contribution in [2.24, 2.45) is 0 Å². The zero-order valence-electron chi connectivity index (χ0n) is 14.9. The zero-order chi connectivity index (χ0) is 20.9. The Morgan fingerprint density at radius 1 is 1.00 bits per heavy atom. The molecule has 0 aliphatic heterocycles. The minimum atomic E-state index is -4.03. The Bertz CT molecular complexity index is 1120. The molecular weight excluding hydrogens is 463 g/mol. The van der Waals surface area contributed by atoms with Crippen molar-refractivity contribution in [2.45, 2.75) is 4.90 Å². The summed E-state index contributed by atoms with van der Waals surface area (Å²) >= 11 is 3.31. The Kier molecular flexibility index (Phi) is 6.50. The fraction of sp³-hybridized carbons (Fsp3) is 0.0500. The first-order valence-corrected chi connectivity index (χ1v) is 10.7. The van der Waals surface area contributed by atoms with Crippen molar-refractivity contribution in [3.63, 3.8) is 0 Å². The first-order chi connectivity index (χ1) is 13.8. The molecule has 29 heavy (non-hydrogen) atoms. The van der Waals surface area contributed by atoms with Crippen LogP contribution >= 0.6 is 15.9 Å². The molecular formula is C20H16BrFN2O4S. The standard InChI is InChI=1S/C20H16BrFN2O4S/c21-14-8-10-16(11-9-14)28-13-20(25)23-15-4-3-5-17(12-15)29(26,27)24-19-7-2-1-6-18(19)22/h1-12,24H,13H2,(H,23,25). The second-order valence-corrected chi connectivity index (χ2v) is 8.50. The molecule has 0 saturated carbocycles. The van der Waals surface area contributed by atoms with Gasteiger partial charge in [-0.1, -0.05) is 34.1 Å². The monoisotopic (exact) mass is 478 g/mol. The van der Waals surface area contributed by atoms with E-state index in [0.29, 0.717) is 5.75 Å². The number of anilines is 2. The molecule has 0 saturated heterocycles. The number of amides is 1. The number of carbonyl (C=O) groups is 1. The maximum Gasteiger partial charge on any atom is 0.262 e. The van der Waals surface area contributed by atoms with Gasteiger partial charge in [-0.05, 0) is 54.6 Å². The smallest absolute Gasteiger partial charge is 0.262 e. The number of hydrogen-bond acceptors (Lipinski definition) is 4. The van der Waals surface area contributed by atoms with Crippen LogP contribution < -0.4 is 14.8 Å². The summed E-state index contributed by atoms with van der Waals surface area (Å²) < 4.78 is 47.2. The fourth-order valence-corrected chi connectivity index (χ4v) is 3.74. The van der Waals surface area contributed by atoms with E-state index >= 15 is 0 Å². The van der Waals surface area contributed by atoms with E-state index in [1.807, 2.05) is 0 Å². The van der Waals surface area contributed by atoms with Gasteiger partial charge in [0.1, 0.15) is 11.6 Å². The summed E-state index contributed by atoms with van der Waals surface area (Å²) in [5, 5.41) is 2.57. The van der Waals surface area contributed by atoms with E-state index in [1.165, 1.54) is 36.4 Å². The number of halogens is 2. The van der Waals surface area contributed by atoms with Crippen molar-refractivity contribution >= 4 is 43.2 Å². The molecule has 0 aliphatic carbocycles. The molecule has 3 rings (SSSR count). The first kappa shape index (κ1) is 20.8. The van der Waals surface area contributed by atoms with Crippen LogP contribution in [0.5, 0.6) is 5.75 Å². The Labute approximate surface area is 175 Å². The van der Waals surface area contributed by atoms with Crippen LogP contribution in [-0.4, -0.2) is 20.9 Å². The Morgan fingerprint density at radius 2 is 1.72 bits per heavy atom. The molecule has 0 aliphatic rings. The van der Waals surface area contributed by atoms with E-state index in [0.717, 1.165) is 10.5 Å². The molecule has 0 fully saturated rings. The number of nitrogens with one attached hydrogen (secondary N) is 2. The molecule has 3 aromatic rings. The van der Waals surface area contributed by atoms with E-state index in [4.69, 9.17) is 4.74 Å². The third-order valence-electron chi connectivity index (χ3n) is 3.73. The number of sulfonamides is 1. The summed E-state index contributed by atoms with van der Waals surface area (Å²) in [6, 6.07) is 18.1. The van der Waals surface area contributed by atoms with Crippen LogP contribution in [0.1, 0.15) is 0 Å². The van der Waals surface area contributed by atoms with E-state index in [9.17, 15) is 17.6 Å². The lowest BCUT2D eigenvalue weighted by Gasteiger charge is -2.11. The molecule has 1 amide bonds. The van der Waals surface area contributed by atoms with E-state index < -0.39 is 21.7 Å². The third-order valence-corrected chi connectivity index (χ3v) is 5.62. The Morgan fingerprint density at radius 3 is 2.45 bits per heavy atom. The predicted octanol–water partition coefficient (Wildman–Crippen LogP) is 4.41. The predicted molar refractivity (Wildman–Crippen MR) is 112 cm³/mol. The average molecular weight is 479 g/mol. The van der Waals surface area contributed by atoms with Gasteiger partial charge in [0.15, 0.2) is 6.61 Å². The molecule has 2 N–H and O–H groups in total. The highest BCUT2D eigenvalue weighted by molar-refractivity contribution is 9.10. The molecule has 0 atom stereocenters. The maximum atomic E-state index is 13.7. The van der Waals surface area contributed by atoms with Gasteiger partial charge in [0, 0.05) is 10.2 Å². The fourth-order valence-electron chi connectivity index (χ4n) is 2.37. The summed E-state index contributed by atoms with van der Waals surface area (Å²) in [5.41, 5.74) is 0.107. The Hall–Kier alpha value is -2.91. The highest BCUT2D eigenvalue weighted by Crippen LogP contribution is 2.21. The number of para-hydroxylation sites is 1. The van der Waals surface area contributed by atoms with E-state index in [2.05, 4.69) is 26.0 Å². The number of hydrogen-bond donors (Lipinski definition) is 2. The summed E-state index contributed by atoms with van der Waals surface area (Å²) in [6.45, 7) is -0.244. The van der Waals surface area contributed by atoms with Crippen LogP contribution in [0.2, 0.25) is 0 Å². The minimum Gasteiger partial charge on any atom is -0.484 e. The number of carbonyl (C=O) groups excluding carboxylic acids is 1. The highest BCUT2D eigenvalue weighted by atomic mass is 79.9. The number of benzene rings is 3. The van der Waals surface area contributed by atoms with Gasteiger partial charge in [0.25, 0.3) is 15.9 Å². The first-order valence-electron chi connectivity index (χ1n) is 8.39. The van der Waals surface area contributed by atoms with Crippen molar-refractivity contribution in [1.29, 1.82) is 0 Å². The SMILES string of the molecule is O=C(COc1ccc(Br)cc1)Nc1cccc(S(=O)(=O)Nc2ccccc2F)c1. The second-order valence-electron chi connectivity index (χ2n) is 5.90. The highest BCUT2D eigenvalue weighted by Gasteiger charge is 2.17. The van der Waals surface area contributed by atoms with Crippen molar-refractivity contribution < 1.29 is 22.3 Å². The van der Waals surface area contributed by atoms with Crippen molar-refractivity contribution in [3.8, 4) is 5.75 Å². The lowest BCUT2D eigenvalue weighted by atomic mass is 10.3. The van der Waals surface area contributed by atoms with Crippen LogP contribution in [0.4, 0.5) is 15.8 Å². The van der Waals surface area contributed by atoms with Gasteiger partial charge in [0.2, 0.25) is 0 Å². The Balaban J connectivity index is 1.66. The van der Waals surface area contributed by atoms with Crippen LogP contribution in [0, 0.1) is 5.82 Å². The van der Waals surface area contributed by atoms with Crippen LogP contribution in [0.3, 0.4) is 0 Å². The van der Waals surface area contributed by atoms with Crippen LogP contribution in [-0.2, 0) is 14.8 Å². The van der Waals surface area contributed by atoms with Gasteiger partial charge in [-0.15, -0.1) is 0 Å². The second kappa shape index (κ2) is 9.06. The van der Waals surface area contributed by atoms with Gasteiger partial charge < -0.3 is 10.1 Å². The van der Waals surface area contributed by atoms with Gasteiger partial charge in [-0.3, -0.25) is 9.52 Å². The summed E-state index contributed by atoms with van der Waals surface area (Å²) in [7, 11) is -4.03. The summed E-state index contributed by atoms with van der Waals surface area (Å²) in [4.78, 5) is 12.0. The van der Waals surface area contributed by atoms with Crippen molar-refractivity contribution in [3.05, 3.63) is 83.1 Å². The normalized spacial score (nSPS) is 11.0. The molecule has 6 nitrogen and oxygen atoms in total. The summed E-state index contributed by atoms with van der Waals surface area (Å²) in [5.74, 6) is -0.621. The van der Waals surface area contributed by atoms with Crippen LogP contribution in [0.15, 0.2) is 82.2 Å². The quantitative estimate of drug-likeness (QED) is 0.526. The largest absolute Gasteiger partial charge is 0.484 e. The van der Waals surface area contributed by atoms with E-state index in [-0.39, 0.29) is 22.9 Å². The van der Waals surface area contributed by atoms with E-state index in [1.54, 1.807) is 30.3 Å². The molecule has 150 valence electrons. The zero-order valence-corrected chi connectivity index (χ0v) is 17.3. The number of rotatable bonds is 7. The molecule has 0 unspecified atom stereocenters. The topological polar surface area (TPSA) is 84.5 Å². The lowest BCUT2D eigenvalue weighted by Crippen LogP contribution is -2.20. The molecule has 0 heterocycles. The van der Waals surface area contributed by atoms with Gasteiger partial charge in [-0.25, -0.2) is 12.8 Å². The lowest BCUT2D eigenvalue weighted by molar-refractivity contribution is -0.118. The third kappa shape index (κ3) is 5.78. The molecule has 9 heteroatoms. The van der Waals surface area contributed by atoms with Crippen molar-refractivity contribution in [2.75, 3.05) is 16.6 Å². The molecule has 0 spiro atoms. The molecule has 0 aromatic heterocycles. The molecule has 0 bridgehead atoms. The average Bonchev–Trinajstić information content (AvgIpc) is 2.69.